The Morgan fingerprint density at radius 3 is 2.65 bits per heavy atom. The zero-order valence-electron chi connectivity index (χ0n) is 11.9. The SMILES string of the molecule is Cc1cc(C(=O)N2CCCC2C(=O)NC2CC2)c(C)o1. The molecule has 0 bridgehead atoms. The number of amides is 2. The fourth-order valence-corrected chi connectivity index (χ4v) is 2.81. The molecule has 2 fully saturated rings. The normalized spacial score (nSPS) is 22.1. The molecule has 20 heavy (non-hydrogen) atoms. The first-order valence-electron chi connectivity index (χ1n) is 7.24. The van der Waals surface area contributed by atoms with E-state index < -0.39 is 0 Å². The molecule has 2 amide bonds. The van der Waals surface area contributed by atoms with Crippen molar-refractivity contribution in [2.24, 2.45) is 0 Å². The second-order valence-corrected chi connectivity index (χ2v) is 5.77. The largest absolute Gasteiger partial charge is 0.466 e. The fraction of sp³-hybridized carbons (Fsp3) is 0.600. The first kappa shape index (κ1) is 13.2. The Morgan fingerprint density at radius 2 is 2.05 bits per heavy atom. The number of rotatable bonds is 3. The third-order valence-corrected chi connectivity index (χ3v) is 4.01. The van der Waals surface area contributed by atoms with E-state index in [9.17, 15) is 9.59 Å². The lowest BCUT2D eigenvalue weighted by atomic mass is 10.1. The summed E-state index contributed by atoms with van der Waals surface area (Å²) in [6.07, 6.45) is 3.75. The molecule has 1 aromatic heterocycles. The Balaban J connectivity index is 1.75. The van der Waals surface area contributed by atoms with E-state index in [1.54, 1.807) is 17.9 Å². The molecule has 1 unspecified atom stereocenters. The van der Waals surface area contributed by atoms with Crippen LogP contribution in [0.1, 0.15) is 47.6 Å². The third kappa shape index (κ3) is 2.44. The van der Waals surface area contributed by atoms with Crippen molar-refractivity contribution in [1.29, 1.82) is 0 Å². The van der Waals surface area contributed by atoms with Gasteiger partial charge in [0.05, 0.1) is 5.56 Å². The maximum Gasteiger partial charge on any atom is 0.258 e. The lowest BCUT2D eigenvalue weighted by molar-refractivity contribution is -0.125. The number of carbonyl (C=O) groups excluding carboxylic acids is 2. The first-order valence-corrected chi connectivity index (χ1v) is 7.24. The molecule has 1 aromatic rings. The Morgan fingerprint density at radius 1 is 1.30 bits per heavy atom. The van der Waals surface area contributed by atoms with Crippen molar-refractivity contribution >= 4 is 11.8 Å². The van der Waals surface area contributed by atoms with Crippen molar-refractivity contribution in [1.82, 2.24) is 10.2 Å². The van der Waals surface area contributed by atoms with Crippen LogP contribution in [-0.4, -0.2) is 35.3 Å². The van der Waals surface area contributed by atoms with Crippen molar-refractivity contribution in [3.05, 3.63) is 23.2 Å². The predicted molar refractivity (Wildman–Crippen MR) is 73.4 cm³/mol. The quantitative estimate of drug-likeness (QED) is 0.915. The standard InChI is InChI=1S/C15H20N2O3/c1-9-8-12(10(2)20-9)15(19)17-7-3-4-13(17)14(18)16-11-5-6-11/h8,11,13H,3-7H2,1-2H3,(H,16,18). The summed E-state index contributed by atoms with van der Waals surface area (Å²) >= 11 is 0. The zero-order chi connectivity index (χ0) is 14.3. The van der Waals surface area contributed by atoms with Crippen LogP contribution < -0.4 is 5.32 Å². The van der Waals surface area contributed by atoms with E-state index in [4.69, 9.17) is 4.42 Å². The van der Waals surface area contributed by atoms with Crippen LogP contribution in [0.15, 0.2) is 10.5 Å². The van der Waals surface area contributed by atoms with Crippen LogP contribution in [-0.2, 0) is 4.79 Å². The minimum atomic E-state index is -0.322. The molecule has 3 rings (SSSR count). The highest BCUT2D eigenvalue weighted by atomic mass is 16.3. The predicted octanol–water partition coefficient (Wildman–Crippen LogP) is 1.78. The summed E-state index contributed by atoms with van der Waals surface area (Å²) in [5, 5.41) is 3.00. The molecule has 2 heterocycles. The summed E-state index contributed by atoms with van der Waals surface area (Å²) < 4.78 is 5.42. The van der Waals surface area contributed by atoms with Crippen molar-refractivity contribution < 1.29 is 14.0 Å². The summed E-state index contributed by atoms with van der Waals surface area (Å²) in [5.74, 6) is 1.26. The number of carbonyl (C=O) groups is 2. The van der Waals surface area contributed by atoms with Crippen LogP contribution in [0.25, 0.3) is 0 Å². The first-order chi connectivity index (χ1) is 9.56. The van der Waals surface area contributed by atoms with E-state index >= 15 is 0 Å². The van der Waals surface area contributed by atoms with E-state index in [2.05, 4.69) is 5.32 Å². The van der Waals surface area contributed by atoms with E-state index in [1.807, 2.05) is 6.92 Å². The van der Waals surface area contributed by atoms with Gasteiger partial charge in [-0.2, -0.15) is 0 Å². The van der Waals surface area contributed by atoms with Gasteiger partial charge in [-0.1, -0.05) is 0 Å². The van der Waals surface area contributed by atoms with Gasteiger partial charge in [0.15, 0.2) is 0 Å². The molecule has 1 aliphatic carbocycles. The number of hydrogen-bond acceptors (Lipinski definition) is 3. The highest BCUT2D eigenvalue weighted by Crippen LogP contribution is 2.25. The summed E-state index contributed by atoms with van der Waals surface area (Å²) in [6.45, 7) is 4.26. The molecule has 1 saturated carbocycles. The topological polar surface area (TPSA) is 62.6 Å². The Kier molecular flexibility index (Phi) is 3.28. The van der Waals surface area contributed by atoms with Crippen LogP contribution in [0.5, 0.6) is 0 Å². The van der Waals surface area contributed by atoms with Crippen LogP contribution >= 0.6 is 0 Å². The van der Waals surface area contributed by atoms with Gasteiger partial charge in [0.2, 0.25) is 5.91 Å². The Hall–Kier alpha value is -1.78. The molecule has 1 atom stereocenters. The number of aryl methyl sites for hydroxylation is 2. The molecule has 5 nitrogen and oxygen atoms in total. The summed E-state index contributed by atoms with van der Waals surface area (Å²) in [4.78, 5) is 26.5. The second kappa shape index (κ2) is 4.96. The average Bonchev–Trinajstić information content (AvgIpc) is 2.96. The van der Waals surface area contributed by atoms with Crippen molar-refractivity contribution in [2.75, 3.05) is 6.54 Å². The van der Waals surface area contributed by atoms with Gasteiger partial charge in [0, 0.05) is 12.6 Å². The smallest absolute Gasteiger partial charge is 0.258 e. The minimum absolute atomic E-state index is 0.00350. The molecule has 0 radical (unpaired) electrons. The second-order valence-electron chi connectivity index (χ2n) is 5.77. The molecular weight excluding hydrogens is 256 g/mol. The molecule has 5 heteroatoms. The molecule has 1 N–H and O–H groups in total. The molecule has 1 aliphatic heterocycles. The van der Waals surface area contributed by atoms with Gasteiger partial charge in [0.1, 0.15) is 17.6 Å². The van der Waals surface area contributed by atoms with Crippen LogP contribution in [0.2, 0.25) is 0 Å². The van der Waals surface area contributed by atoms with Crippen LogP contribution in [0, 0.1) is 13.8 Å². The van der Waals surface area contributed by atoms with Crippen LogP contribution in [0.4, 0.5) is 0 Å². The summed E-state index contributed by atoms with van der Waals surface area (Å²) in [5.41, 5.74) is 0.577. The summed E-state index contributed by atoms with van der Waals surface area (Å²) in [7, 11) is 0. The van der Waals surface area contributed by atoms with Gasteiger partial charge in [-0.15, -0.1) is 0 Å². The maximum absolute atomic E-state index is 12.6. The molecule has 1 saturated heterocycles. The highest BCUT2D eigenvalue weighted by Gasteiger charge is 2.37. The van der Waals surface area contributed by atoms with E-state index in [0.29, 0.717) is 23.9 Å². The van der Waals surface area contributed by atoms with Crippen molar-refractivity contribution in [3.8, 4) is 0 Å². The van der Waals surface area contributed by atoms with Crippen LogP contribution in [0.3, 0.4) is 0 Å². The van der Waals surface area contributed by atoms with Gasteiger partial charge < -0.3 is 14.6 Å². The Labute approximate surface area is 118 Å². The third-order valence-electron chi connectivity index (χ3n) is 4.01. The molecule has 0 spiro atoms. The monoisotopic (exact) mass is 276 g/mol. The number of nitrogens with zero attached hydrogens (tertiary/aromatic N) is 1. The number of furan rings is 1. The van der Waals surface area contributed by atoms with Gasteiger partial charge in [-0.25, -0.2) is 0 Å². The van der Waals surface area contributed by atoms with Gasteiger partial charge >= 0.3 is 0 Å². The number of nitrogens with one attached hydrogen (secondary N) is 1. The van der Waals surface area contributed by atoms with Crippen molar-refractivity contribution in [2.45, 2.75) is 51.6 Å². The minimum Gasteiger partial charge on any atom is -0.466 e. The average molecular weight is 276 g/mol. The van der Waals surface area contributed by atoms with Crippen molar-refractivity contribution in [3.63, 3.8) is 0 Å². The lowest BCUT2D eigenvalue weighted by Crippen LogP contribution is -2.46. The molecule has 0 aromatic carbocycles. The molecule has 108 valence electrons. The van der Waals surface area contributed by atoms with E-state index in [1.165, 1.54) is 0 Å². The summed E-state index contributed by atoms with van der Waals surface area (Å²) in [6, 6.07) is 1.77. The fourth-order valence-electron chi connectivity index (χ4n) is 2.81. The van der Waals surface area contributed by atoms with E-state index in [-0.39, 0.29) is 17.9 Å². The van der Waals surface area contributed by atoms with Gasteiger partial charge in [-0.3, -0.25) is 9.59 Å². The number of hydrogen-bond donors (Lipinski definition) is 1. The Bertz CT molecular complexity index is 545. The van der Waals surface area contributed by atoms with Gasteiger partial charge in [0.25, 0.3) is 5.91 Å². The molecule has 2 aliphatic rings. The maximum atomic E-state index is 12.6. The lowest BCUT2D eigenvalue weighted by Gasteiger charge is -2.23. The van der Waals surface area contributed by atoms with Gasteiger partial charge in [-0.05, 0) is 45.6 Å². The zero-order valence-corrected chi connectivity index (χ0v) is 11.9. The highest BCUT2D eigenvalue weighted by molar-refractivity contribution is 5.98. The van der Waals surface area contributed by atoms with E-state index in [0.717, 1.165) is 31.4 Å². The molecular formula is C15H20N2O3. The number of likely N-dealkylation sites (tertiary alicyclic amines) is 1.